The van der Waals surface area contributed by atoms with Gasteiger partial charge in [0.25, 0.3) is 0 Å². The van der Waals surface area contributed by atoms with Crippen molar-refractivity contribution in [2.24, 2.45) is 0 Å². The molecule has 1 fully saturated rings. The molecule has 2 rings (SSSR count). The summed E-state index contributed by atoms with van der Waals surface area (Å²) in [4.78, 5) is 25.2. The van der Waals surface area contributed by atoms with Crippen LogP contribution in [0.1, 0.15) is 12.8 Å². The summed E-state index contributed by atoms with van der Waals surface area (Å²) in [5.41, 5.74) is 0. The molecule has 1 N–H and O–H groups in total. The highest BCUT2D eigenvalue weighted by molar-refractivity contribution is 7.91. The fraction of sp³-hybridized carbons (Fsp3) is 0.500. The van der Waals surface area contributed by atoms with E-state index in [4.69, 9.17) is 4.74 Å². The number of ether oxygens (including phenoxy) is 1. The largest absolute Gasteiger partial charge is 0.493 e. The van der Waals surface area contributed by atoms with E-state index in [-0.39, 0.29) is 48.9 Å². The average Bonchev–Trinajstić information content (AvgIpc) is 2.93. The van der Waals surface area contributed by atoms with E-state index in [1.54, 1.807) is 19.2 Å². The lowest BCUT2D eigenvalue weighted by Gasteiger charge is -2.23. The molecule has 1 atom stereocenters. The van der Waals surface area contributed by atoms with E-state index in [9.17, 15) is 18.0 Å². The summed E-state index contributed by atoms with van der Waals surface area (Å²) in [5.74, 6) is 0.205. The number of carbonyl (C=O) groups is 2. The summed E-state index contributed by atoms with van der Waals surface area (Å²) in [6, 6.07) is 8.84. The zero-order valence-corrected chi connectivity index (χ0v) is 14.4. The molecule has 0 saturated carbocycles. The van der Waals surface area contributed by atoms with E-state index in [0.717, 1.165) is 0 Å². The number of nitrogens with zero attached hydrogens (tertiary/aromatic N) is 1. The van der Waals surface area contributed by atoms with Gasteiger partial charge in [-0.1, -0.05) is 18.2 Å². The van der Waals surface area contributed by atoms with Crippen molar-refractivity contribution in [3.63, 3.8) is 0 Å². The highest BCUT2D eigenvalue weighted by Gasteiger charge is 2.32. The van der Waals surface area contributed by atoms with Crippen LogP contribution in [-0.2, 0) is 19.4 Å². The Hall–Kier alpha value is -2.09. The maximum Gasteiger partial charge on any atom is 0.241 e. The molecule has 0 aromatic heterocycles. The van der Waals surface area contributed by atoms with Crippen LogP contribution in [0.2, 0.25) is 0 Å². The number of nitrogens with one attached hydrogen (secondary N) is 1. The van der Waals surface area contributed by atoms with Crippen molar-refractivity contribution in [1.82, 2.24) is 10.2 Å². The molecule has 1 aromatic rings. The van der Waals surface area contributed by atoms with Gasteiger partial charge in [0.15, 0.2) is 9.84 Å². The van der Waals surface area contributed by atoms with Gasteiger partial charge < -0.3 is 15.0 Å². The third-order valence-electron chi connectivity index (χ3n) is 3.93. The number of hydrogen-bond donors (Lipinski definition) is 1. The Balaban J connectivity index is 1.66. The molecule has 1 unspecified atom stereocenters. The van der Waals surface area contributed by atoms with E-state index >= 15 is 0 Å². The number of likely N-dealkylation sites (N-methyl/N-ethyl adjacent to an activating group) is 1. The first-order chi connectivity index (χ1) is 11.4. The summed E-state index contributed by atoms with van der Waals surface area (Å²) >= 11 is 0. The van der Waals surface area contributed by atoms with E-state index in [1.165, 1.54) is 4.90 Å². The summed E-state index contributed by atoms with van der Waals surface area (Å²) in [6.07, 6.45) is 0.590. The Morgan fingerprint density at radius 3 is 2.62 bits per heavy atom. The van der Waals surface area contributed by atoms with E-state index in [1.807, 2.05) is 18.2 Å². The minimum atomic E-state index is -3.04. The molecule has 2 amide bonds. The number of sulfone groups is 1. The highest BCUT2D eigenvalue weighted by Crippen LogP contribution is 2.16. The molecule has 1 saturated heterocycles. The fourth-order valence-electron chi connectivity index (χ4n) is 2.45. The van der Waals surface area contributed by atoms with Crippen LogP contribution in [-0.4, -0.2) is 62.9 Å². The number of hydrogen-bond acceptors (Lipinski definition) is 5. The minimum absolute atomic E-state index is 0.00585. The zero-order chi connectivity index (χ0) is 17.6. The first kappa shape index (κ1) is 18.3. The molecular formula is C16H22N2O5S. The third-order valence-corrected chi connectivity index (χ3v) is 5.68. The van der Waals surface area contributed by atoms with E-state index in [2.05, 4.69) is 5.32 Å². The topological polar surface area (TPSA) is 92.8 Å². The van der Waals surface area contributed by atoms with E-state index in [0.29, 0.717) is 12.2 Å². The number of amides is 2. The average molecular weight is 354 g/mol. The van der Waals surface area contributed by atoms with Gasteiger partial charge in [-0.25, -0.2) is 8.42 Å². The van der Waals surface area contributed by atoms with Crippen LogP contribution >= 0.6 is 0 Å². The van der Waals surface area contributed by atoms with Gasteiger partial charge in [0.05, 0.1) is 31.1 Å². The Kier molecular flexibility index (Phi) is 6.19. The van der Waals surface area contributed by atoms with Crippen molar-refractivity contribution >= 4 is 21.7 Å². The second-order valence-corrected chi connectivity index (χ2v) is 7.98. The summed E-state index contributed by atoms with van der Waals surface area (Å²) in [5, 5.41) is 2.53. The predicted octanol–water partition coefficient (Wildman–Crippen LogP) is 0.217. The molecule has 7 nitrogen and oxygen atoms in total. The molecule has 1 heterocycles. The number of para-hydroxylation sites is 1. The summed E-state index contributed by atoms with van der Waals surface area (Å²) in [7, 11) is -1.47. The highest BCUT2D eigenvalue weighted by atomic mass is 32.2. The standard InChI is InChI=1S/C16H22N2O5S/c1-18(13-8-10-24(21,22)12-13)16(20)11-17-15(19)7-9-23-14-5-3-2-4-6-14/h2-6,13H,7-12H2,1H3,(H,17,19). The second-order valence-electron chi connectivity index (χ2n) is 5.75. The normalized spacial score (nSPS) is 18.8. The van der Waals surface area contributed by atoms with Crippen LogP contribution in [0.3, 0.4) is 0 Å². The fourth-order valence-corrected chi connectivity index (χ4v) is 4.22. The zero-order valence-electron chi connectivity index (χ0n) is 13.6. The van der Waals surface area contributed by atoms with Crippen LogP contribution in [0, 0.1) is 0 Å². The maximum absolute atomic E-state index is 12.0. The smallest absolute Gasteiger partial charge is 0.241 e. The Labute approximate surface area is 141 Å². The molecular weight excluding hydrogens is 332 g/mol. The number of benzene rings is 1. The predicted molar refractivity (Wildman–Crippen MR) is 89.4 cm³/mol. The SMILES string of the molecule is CN(C(=O)CNC(=O)CCOc1ccccc1)C1CCS(=O)(=O)C1. The van der Waals surface area contributed by atoms with Gasteiger partial charge >= 0.3 is 0 Å². The van der Waals surface area contributed by atoms with Gasteiger partial charge in [-0.05, 0) is 18.6 Å². The summed E-state index contributed by atoms with van der Waals surface area (Å²) in [6.45, 7) is 0.0813. The van der Waals surface area contributed by atoms with Crippen molar-refractivity contribution in [3.8, 4) is 5.75 Å². The molecule has 8 heteroatoms. The molecule has 1 aromatic carbocycles. The summed E-state index contributed by atoms with van der Waals surface area (Å²) < 4.78 is 28.3. The van der Waals surface area contributed by atoms with Gasteiger partial charge in [-0.2, -0.15) is 0 Å². The lowest BCUT2D eigenvalue weighted by Crippen LogP contribution is -2.44. The lowest BCUT2D eigenvalue weighted by atomic mass is 10.2. The van der Waals surface area contributed by atoms with E-state index < -0.39 is 9.84 Å². The quantitative estimate of drug-likeness (QED) is 0.756. The molecule has 132 valence electrons. The Morgan fingerprint density at radius 2 is 2.00 bits per heavy atom. The van der Waals surface area contributed by atoms with Crippen molar-refractivity contribution in [2.75, 3.05) is 31.7 Å². The van der Waals surface area contributed by atoms with Gasteiger partial charge in [-0.15, -0.1) is 0 Å². The molecule has 0 aliphatic carbocycles. The second kappa shape index (κ2) is 8.14. The minimum Gasteiger partial charge on any atom is -0.493 e. The monoisotopic (exact) mass is 354 g/mol. The Morgan fingerprint density at radius 1 is 1.29 bits per heavy atom. The van der Waals surface area contributed by atoms with Gasteiger partial charge in [-0.3, -0.25) is 9.59 Å². The molecule has 24 heavy (non-hydrogen) atoms. The van der Waals surface area contributed by atoms with Crippen molar-refractivity contribution in [2.45, 2.75) is 18.9 Å². The van der Waals surface area contributed by atoms with Crippen molar-refractivity contribution in [1.29, 1.82) is 0 Å². The van der Waals surface area contributed by atoms with Crippen LogP contribution in [0.25, 0.3) is 0 Å². The van der Waals surface area contributed by atoms with Crippen LogP contribution in [0.4, 0.5) is 0 Å². The van der Waals surface area contributed by atoms with Gasteiger partial charge in [0.1, 0.15) is 5.75 Å². The molecule has 0 radical (unpaired) electrons. The number of carbonyl (C=O) groups excluding carboxylic acids is 2. The van der Waals surface area contributed by atoms with Crippen LogP contribution in [0.15, 0.2) is 30.3 Å². The first-order valence-electron chi connectivity index (χ1n) is 7.78. The molecule has 0 bridgehead atoms. The lowest BCUT2D eigenvalue weighted by molar-refractivity contribution is -0.133. The first-order valence-corrected chi connectivity index (χ1v) is 9.60. The van der Waals surface area contributed by atoms with Gasteiger partial charge in [0, 0.05) is 13.1 Å². The third kappa shape index (κ3) is 5.52. The Bertz CT molecular complexity index is 675. The molecule has 0 spiro atoms. The van der Waals surface area contributed by atoms with Gasteiger partial charge in [0.2, 0.25) is 11.8 Å². The molecule has 1 aliphatic heterocycles. The van der Waals surface area contributed by atoms with Crippen molar-refractivity contribution in [3.05, 3.63) is 30.3 Å². The van der Waals surface area contributed by atoms with Crippen molar-refractivity contribution < 1.29 is 22.7 Å². The molecule has 1 aliphatic rings. The number of rotatable bonds is 7. The van der Waals surface area contributed by atoms with Crippen LogP contribution < -0.4 is 10.1 Å². The maximum atomic E-state index is 12.0. The van der Waals surface area contributed by atoms with Crippen LogP contribution in [0.5, 0.6) is 5.75 Å².